The van der Waals surface area contributed by atoms with Crippen LogP contribution in [0.5, 0.6) is 0 Å². The number of aliphatic imine (C=N–C) groups is 1. The number of rotatable bonds is 4. The number of benzene rings is 1. The molecule has 5 nitrogen and oxygen atoms in total. The number of para-hydroxylation sites is 1. The molecule has 0 fully saturated rings. The molecular formula is C14H21N5S. The lowest BCUT2D eigenvalue weighted by Crippen LogP contribution is -2.35. The van der Waals surface area contributed by atoms with Gasteiger partial charge in [-0.25, -0.2) is 4.98 Å². The molecule has 1 aromatic heterocycles. The van der Waals surface area contributed by atoms with E-state index >= 15 is 0 Å². The van der Waals surface area contributed by atoms with E-state index < -0.39 is 0 Å². The molecule has 20 heavy (non-hydrogen) atoms. The van der Waals surface area contributed by atoms with Crippen molar-refractivity contribution in [2.24, 2.45) is 4.99 Å². The summed E-state index contributed by atoms with van der Waals surface area (Å²) in [5, 5.41) is 4.29. The average Bonchev–Trinajstić information content (AvgIpc) is 2.80. The van der Waals surface area contributed by atoms with Gasteiger partial charge in [-0.3, -0.25) is 4.99 Å². The minimum Gasteiger partial charge on any atom is -0.360 e. The van der Waals surface area contributed by atoms with Gasteiger partial charge in [-0.1, -0.05) is 23.5 Å². The molecule has 0 aliphatic carbocycles. The van der Waals surface area contributed by atoms with E-state index in [-0.39, 0.29) is 0 Å². The molecule has 0 aliphatic rings. The molecule has 0 bridgehead atoms. The quantitative estimate of drug-likeness (QED) is 0.533. The highest BCUT2D eigenvalue weighted by Gasteiger charge is 2.04. The van der Waals surface area contributed by atoms with Crippen LogP contribution in [0.25, 0.3) is 10.2 Å². The van der Waals surface area contributed by atoms with Crippen molar-refractivity contribution in [2.45, 2.75) is 0 Å². The Balaban J connectivity index is 1.91. The molecule has 0 amide bonds. The first-order valence-electron chi connectivity index (χ1n) is 6.56. The Morgan fingerprint density at radius 1 is 1.20 bits per heavy atom. The number of aromatic nitrogens is 1. The SMILES string of the molecule is CN(C)C(=NCCNc1nc2ccccc2s1)N(C)C. The largest absolute Gasteiger partial charge is 0.360 e. The third kappa shape index (κ3) is 3.60. The Bertz CT molecular complexity index is 545. The molecule has 0 unspecified atom stereocenters. The van der Waals surface area contributed by atoms with Crippen LogP contribution in [0.2, 0.25) is 0 Å². The summed E-state index contributed by atoms with van der Waals surface area (Å²) in [6, 6.07) is 8.17. The summed E-state index contributed by atoms with van der Waals surface area (Å²) in [6.07, 6.45) is 0. The molecule has 0 aliphatic heterocycles. The molecule has 0 spiro atoms. The summed E-state index contributed by atoms with van der Waals surface area (Å²) >= 11 is 1.68. The average molecular weight is 291 g/mol. The summed E-state index contributed by atoms with van der Waals surface area (Å²) in [4.78, 5) is 13.1. The number of thiazole rings is 1. The maximum absolute atomic E-state index is 4.57. The standard InChI is InChI=1S/C14H21N5S/c1-18(2)14(19(3)4)16-10-9-15-13-17-11-7-5-6-8-12(11)20-13/h5-8H,9-10H2,1-4H3,(H,15,17). The lowest BCUT2D eigenvalue weighted by molar-refractivity contribution is 0.480. The van der Waals surface area contributed by atoms with Crippen molar-refractivity contribution < 1.29 is 0 Å². The highest BCUT2D eigenvalue weighted by Crippen LogP contribution is 2.24. The third-order valence-corrected chi connectivity index (χ3v) is 3.73. The monoisotopic (exact) mass is 291 g/mol. The maximum Gasteiger partial charge on any atom is 0.195 e. The first kappa shape index (κ1) is 14.6. The van der Waals surface area contributed by atoms with E-state index in [9.17, 15) is 0 Å². The fourth-order valence-electron chi connectivity index (χ4n) is 1.95. The Hall–Kier alpha value is -1.82. The molecule has 0 saturated heterocycles. The summed E-state index contributed by atoms with van der Waals surface area (Å²) in [6.45, 7) is 1.51. The van der Waals surface area contributed by atoms with Gasteiger partial charge in [-0.05, 0) is 12.1 Å². The highest BCUT2D eigenvalue weighted by atomic mass is 32.1. The Morgan fingerprint density at radius 2 is 1.90 bits per heavy atom. The fourth-order valence-corrected chi connectivity index (χ4v) is 2.84. The van der Waals surface area contributed by atoms with Crippen molar-refractivity contribution in [3.05, 3.63) is 24.3 Å². The summed E-state index contributed by atoms with van der Waals surface area (Å²) in [5.74, 6) is 0.969. The van der Waals surface area contributed by atoms with Crippen LogP contribution >= 0.6 is 11.3 Å². The predicted octanol–water partition coefficient (Wildman–Crippen LogP) is 2.19. The molecule has 0 radical (unpaired) electrons. The number of nitrogens with one attached hydrogen (secondary N) is 1. The van der Waals surface area contributed by atoms with Gasteiger partial charge in [0.15, 0.2) is 11.1 Å². The van der Waals surface area contributed by atoms with Crippen LogP contribution in [-0.4, -0.2) is 62.0 Å². The maximum atomic E-state index is 4.57. The minimum absolute atomic E-state index is 0.724. The number of hydrogen-bond donors (Lipinski definition) is 1. The minimum atomic E-state index is 0.724. The van der Waals surface area contributed by atoms with Gasteiger partial charge in [0.2, 0.25) is 0 Å². The summed E-state index contributed by atoms with van der Waals surface area (Å²) in [5.41, 5.74) is 1.05. The Morgan fingerprint density at radius 3 is 2.55 bits per heavy atom. The topological polar surface area (TPSA) is 43.8 Å². The van der Waals surface area contributed by atoms with E-state index in [2.05, 4.69) is 21.4 Å². The molecule has 1 aromatic carbocycles. The predicted molar refractivity (Wildman–Crippen MR) is 87.8 cm³/mol. The highest BCUT2D eigenvalue weighted by molar-refractivity contribution is 7.22. The zero-order valence-electron chi connectivity index (χ0n) is 12.4. The van der Waals surface area contributed by atoms with Gasteiger partial charge in [-0.15, -0.1) is 0 Å². The van der Waals surface area contributed by atoms with Crippen molar-refractivity contribution in [3.63, 3.8) is 0 Å². The molecule has 1 heterocycles. The molecule has 6 heteroatoms. The van der Waals surface area contributed by atoms with E-state index in [1.54, 1.807) is 11.3 Å². The van der Waals surface area contributed by atoms with E-state index in [0.29, 0.717) is 0 Å². The van der Waals surface area contributed by atoms with E-state index in [0.717, 1.165) is 29.7 Å². The van der Waals surface area contributed by atoms with Crippen molar-refractivity contribution in [3.8, 4) is 0 Å². The van der Waals surface area contributed by atoms with Gasteiger partial charge < -0.3 is 15.1 Å². The van der Waals surface area contributed by atoms with E-state index in [1.165, 1.54) is 4.70 Å². The van der Waals surface area contributed by atoms with Crippen molar-refractivity contribution in [2.75, 3.05) is 46.6 Å². The van der Waals surface area contributed by atoms with Crippen LogP contribution < -0.4 is 5.32 Å². The van der Waals surface area contributed by atoms with Gasteiger partial charge in [0.1, 0.15) is 0 Å². The number of anilines is 1. The molecule has 2 rings (SSSR count). The molecule has 0 atom stereocenters. The second kappa shape index (κ2) is 6.56. The second-order valence-corrected chi connectivity index (χ2v) is 5.91. The Labute approximate surface area is 123 Å². The van der Waals surface area contributed by atoms with Gasteiger partial charge in [0.25, 0.3) is 0 Å². The Kier molecular flexibility index (Phi) is 4.79. The first-order chi connectivity index (χ1) is 9.58. The molecule has 1 N–H and O–H groups in total. The normalized spacial score (nSPS) is 10.4. The van der Waals surface area contributed by atoms with Crippen LogP contribution in [0.4, 0.5) is 5.13 Å². The lowest BCUT2D eigenvalue weighted by atomic mass is 10.3. The van der Waals surface area contributed by atoms with Crippen molar-refractivity contribution >= 4 is 32.6 Å². The van der Waals surface area contributed by atoms with Crippen LogP contribution in [-0.2, 0) is 0 Å². The van der Waals surface area contributed by atoms with Crippen LogP contribution in [0.15, 0.2) is 29.3 Å². The number of guanidine groups is 1. The third-order valence-electron chi connectivity index (χ3n) is 2.74. The summed E-state index contributed by atoms with van der Waals surface area (Å²) < 4.78 is 1.21. The summed E-state index contributed by atoms with van der Waals surface area (Å²) in [7, 11) is 8.00. The van der Waals surface area contributed by atoms with Crippen molar-refractivity contribution in [1.82, 2.24) is 14.8 Å². The number of hydrogen-bond acceptors (Lipinski definition) is 4. The lowest BCUT2D eigenvalue weighted by Gasteiger charge is -2.22. The van der Waals surface area contributed by atoms with Crippen molar-refractivity contribution in [1.29, 1.82) is 0 Å². The first-order valence-corrected chi connectivity index (χ1v) is 7.38. The molecular weight excluding hydrogens is 270 g/mol. The van der Waals surface area contributed by atoms with Crippen LogP contribution in [0, 0.1) is 0 Å². The zero-order valence-corrected chi connectivity index (χ0v) is 13.2. The zero-order chi connectivity index (χ0) is 14.5. The number of nitrogens with zero attached hydrogens (tertiary/aromatic N) is 4. The molecule has 0 saturated carbocycles. The second-order valence-electron chi connectivity index (χ2n) is 4.88. The number of fused-ring (bicyclic) bond motifs is 1. The van der Waals surface area contributed by atoms with Gasteiger partial charge in [0.05, 0.1) is 16.8 Å². The smallest absolute Gasteiger partial charge is 0.195 e. The van der Waals surface area contributed by atoms with Gasteiger partial charge in [-0.2, -0.15) is 0 Å². The molecule has 108 valence electrons. The van der Waals surface area contributed by atoms with E-state index in [4.69, 9.17) is 0 Å². The van der Waals surface area contributed by atoms with E-state index in [1.807, 2.05) is 56.2 Å². The van der Waals surface area contributed by atoms with Crippen LogP contribution in [0.1, 0.15) is 0 Å². The fraction of sp³-hybridized carbons (Fsp3) is 0.429. The van der Waals surface area contributed by atoms with Gasteiger partial charge >= 0.3 is 0 Å². The van der Waals surface area contributed by atoms with Gasteiger partial charge in [0, 0.05) is 34.7 Å². The van der Waals surface area contributed by atoms with Crippen LogP contribution in [0.3, 0.4) is 0 Å². The molecule has 2 aromatic rings.